The maximum atomic E-state index is 12.5. The topological polar surface area (TPSA) is 67.9 Å². The van der Waals surface area contributed by atoms with E-state index in [4.69, 9.17) is 9.47 Å². The quantitative estimate of drug-likeness (QED) is 0.721. The molecule has 2 aromatic rings. The van der Waals surface area contributed by atoms with Gasteiger partial charge in [-0.25, -0.2) is 0 Å². The summed E-state index contributed by atoms with van der Waals surface area (Å²) < 4.78 is 10.7. The van der Waals surface area contributed by atoms with Gasteiger partial charge in [-0.1, -0.05) is 30.3 Å². The Hall–Kier alpha value is -3.02. The fourth-order valence-electron chi connectivity index (χ4n) is 3.90. The van der Waals surface area contributed by atoms with Crippen molar-refractivity contribution in [2.75, 3.05) is 27.3 Å². The molecule has 0 aliphatic carbocycles. The van der Waals surface area contributed by atoms with Crippen molar-refractivity contribution in [3.8, 4) is 11.5 Å². The number of carbonyl (C=O) groups excluding carboxylic acids is 2. The predicted octanol–water partition coefficient (Wildman–Crippen LogP) is 3.65. The Bertz CT molecular complexity index is 846. The smallest absolute Gasteiger partial charge is 0.253 e. The van der Waals surface area contributed by atoms with Gasteiger partial charge < -0.3 is 19.7 Å². The SMILES string of the molecule is COc1cccc(CNC(=O)CCC2CCN(C(=O)c3ccccc3)CC2)c1OC. The number of para-hydroxylation sites is 1. The zero-order chi connectivity index (χ0) is 21.3. The number of rotatable bonds is 8. The van der Waals surface area contributed by atoms with Crippen LogP contribution in [0, 0.1) is 5.92 Å². The van der Waals surface area contributed by atoms with Gasteiger partial charge >= 0.3 is 0 Å². The third-order valence-corrected chi connectivity index (χ3v) is 5.66. The molecule has 1 aliphatic heterocycles. The molecule has 1 heterocycles. The van der Waals surface area contributed by atoms with Crippen molar-refractivity contribution >= 4 is 11.8 Å². The first-order valence-electron chi connectivity index (χ1n) is 10.4. The highest BCUT2D eigenvalue weighted by molar-refractivity contribution is 5.94. The van der Waals surface area contributed by atoms with Crippen LogP contribution in [0.1, 0.15) is 41.6 Å². The third kappa shape index (κ3) is 5.53. The summed E-state index contributed by atoms with van der Waals surface area (Å²) in [5.74, 6) is 1.90. The van der Waals surface area contributed by atoms with Crippen LogP contribution in [0.25, 0.3) is 0 Å². The van der Waals surface area contributed by atoms with E-state index in [1.807, 2.05) is 53.4 Å². The van der Waals surface area contributed by atoms with E-state index in [-0.39, 0.29) is 11.8 Å². The molecule has 30 heavy (non-hydrogen) atoms. The van der Waals surface area contributed by atoms with E-state index in [1.54, 1.807) is 14.2 Å². The van der Waals surface area contributed by atoms with Gasteiger partial charge in [0.2, 0.25) is 5.91 Å². The Balaban J connectivity index is 1.41. The van der Waals surface area contributed by atoms with E-state index in [1.165, 1.54) is 0 Å². The Kier molecular flexibility index (Phi) is 7.71. The number of piperidine rings is 1. The van der Waals surface area contributed by atoms with Gasteiger partial charge in [-0.15, -0.1) is 0 Å². The number of methoxy groups -OCH3 is 2. The Labute approximate surface area is 178 Å². The molecule has 0 radical (unpaired) electrons. The molecule has 0 bridgehead atoms. The summed E-state index contributed by atoms with van der Waals surface area (Å²) in [5, 5.41) is 2.97. The van der Waals surface area contributed by atoms with Crippen LogP contribution in [0.4, 0.5) is 0 Å². The molecule has 1 fully saturated rings. The van der Waals surface area contributed by atoms with Crippen LogP contribution in [-0.4, -0.2) is 44.0 Å². The minimum atomic E-state index is 0.0302. The van der Waals surface area contributed by atoms with Crippen molar-refractivity contribution in [1.29, 1.82) is 0 Å². The molecule has 1 N–H and O–H groups in total. The number of benzene rings is 2. The van der Waals surface area contributed by atoms with Crippen LogP contribution in [-0.2, 0) is 11.3 Å². The highest BCUT2D eigenvalue weighted by Gasteiger charge is 2.24. The van der Waals surface area contributed by atoms with E-state index in [2.05, 4.69) is 5.32 Å². The number of nitrogens with one attached hydrogen (secondary N) is 1. The van der Waals surface area contributed by atoms with Crippen molar-refractivity contribution < 1.29 is 19.1 Å². The van der Waals surface area contributed by atoms with Crippen LogP contribution < -0.4 is 14.8 Å². The fourth-order valence-corrected chi connectivity index (χ4v) is 3.90. The van der Waals surface area contributed by atoms with E-state index in [0.29, 0.717) is 30.4 Å². The fraction of sp³-hybridized carbons (Fsp3) is 0.417. The summed E-state index contributed by atoms with van der Waals surface area (Å²) >= 11 is 0. The summed E-state index contributed by atoms with van der Waals surface area (Å²) in [4.78, 5) is 26.8. The van der Waals surface area contributed by atoms with Gasteiger partial charge in [-0.3, -0.25) is 9.59 Å². The maximum absolute atomic E-state index is 12.5. The standard InChI is InChI=1S/C24H30N2O4/c1-29-21-10-6-9-20(23(21)30-2)17-25-22(27)12-11-18-13-15-26(16-14-18)24(28)19-7-4-3-5-8-19/h3-10,18H,11-17H2,1-2H3,(H,25,27). The number of ether oxygens (including phenoxy) is 2. The van der Waals surface area contributed by atoms with Crippen LogP contribution in [0.3, 0.4) is 0 Å². The summed E-state index contributed by atoms with van der Waals surface area (Å²) in [6.07, 6.45) is 3.21. The van der Waals surface area contributed by atoms with Gasteiger partial charge in [-0.2, -0.15) is 0 Å². The second-order valence-corrected chi connectivity index (χ2v) is 7.57. The molecular formula is C24H30N2O4. The molecule has 0 saturated carbocycles. The lowest BCUT2D eigenvalue weighted by atomic mass is 9.91. The lowest BCUT2D eigenvalue weighted by Crippen LogP contribution is -2.38. The van der Waals surface area contributed by atoms with Crippen molar-refractivity contribution in [2.24, 2.45) is 5.92 Å². The second kappa shape index (κ2) is 10.7. The maximum Gasteiger partial charge on any atom is 0.253 e. The van der Waals surface area contributed by atoms with E-state index < -0.39 is 0 Å². The monoisotopic (exact) mass is 410 g/mol. The molecule has 6 heteroatoms. The summed E-state index contributed by atoms with van der Waals surface area (Å²) in [6.45, 7) is 1.91. The van der Waals surface area contributed by atoms with Crippen molar-refractivity contribution in [3.05, 3.63) is 59.7 Å². The van der Waals surface area contributed by atoms with E-state index >= 15 is 0 Å². The zero-order valence-electron chi connectivity index (χ0n) is 17.7. The number of carbonyl (C=O) groups is 2. The zero-order valence-corrected chi connectivity index (χ0v) is 17.7. The third-order valence-electron chi connectivity index (χ3n) is 5.66. The molecule has 6 nitrogen and oxygen atoms in total. The molecule has 2 amide bonds. The number of nitrogens with zero attached hydrogens (tertiary/aromatic N) is 1. The van der Waals surface area contributed by atoms with Gasteiger partial charge in [0, 0.05) is 37.2 Å². The number of hydrogen-bond acceptors (Lipinski definition) is 4. The van der Waals surface area contributed by atoms with Gasteiger partial charge in [0.1, 0.15) is 0 Å². The lowest BCUT2D eigenvalue weighted by Gasteiger charge is -2.32. The Morgan fingerprint density at radius 1 is 1.00 bits per heavy atom. The lowest BCUT2D eigenvalue weighted by molar-refractivity contribution is -0.121. The first-order valence-corrected chi connectivity index (χ1v) is 10.4. The molecule has 2 aromatic carbocycles. The number of likely N-dealkylation sites (tertiary alicyclic amines) is 1. The highest BCUT2D eigenvalue weighted by atomic mass is 16.5. The number of hydrogen-bond donors (Lipinski definition) is 1. The number of amides is 2. The minimum absolute atomic E-state index is 0.0302. The molecular weight excluding hydrogens is 380 g/mol. The first kappa shape index (κ1) is 21.7. The molecule has 0 aromatic heterocycles. The molecule has 0 atom stereocenters. The van der Waals surface area contributed by atoms with Crippen LogP contribution in [0.2, 0.25) is 0 Å². The summed E-state index contributed by atoms with van der Waals surface area (Å²) in [6, 6.07) is 15.0. The normalized spacial score (nSPS) is 14.3. The first-order chi connectivity index (χ1) is 14.6. The van der Waals surface area contributed by atoms with Crippen LogP contribution >= 0.6 is 0 Å². The Morgan fingerprint density at radius 3 is 2.40 bits per heavy atom. The van der Waals surface area contributed by atoms with Crippen molar-refractivity contribution in [3.63, 3.8) is 0 Å². The summed E-state index contributed by atoms with van der Waals surface area (Å²) in [7, 11) is 3.19. The van der Waals surface area contributed by atoms with E-state index in [0.717, 1.165) is 43.5 Å². The molecule has 3 rings (SSSR count). The van der Waals surface area contributed by atoms with Crippen molar-refractivity contribution in [2.45, 2.75) is 32.2 Å². The van der Waals surface area contributed by atoms with Gasteiger partial charge in [0.15, 0.2) is 11.5 Å². The van der Waals surface area contributed by atoms with E-state index in [9.17, 15) is 9.59 Å². The molecule has 0 unspecified atom stereocenters. The predicted molar refractivity (Wildman–Crippen MR) is 116 cm³/mol. The second-order valence-electron chi connectivity index (χ2n) is 7.57. The molecule has 1 aliphatic rings. The molecule has 160 valence electrons. The van der Waals surface area contributed by atoms with Gasteiger partial charge in [-0.05, 0) is 43.4 Å². The van der Waals surface area contributed by atoms with Gasteiger partial charge in [0.25, 0.3) is 5.91 Å². The molecule has 0 spiro atoms. The summed E-state index contributed by atoms with van der Waals surface area (Å²) in [5.41, 5.74) is 1.63. The average molecular weight is 411 g/mol. The highest BCUT2D eigenvalue weighted by Crippen LogP contribution is 2.30. The Morgan fingerprint density at radius 2 is 1.73 bits per heavy atom. The van der Waals surface area contributed by atoms with Crippen molar-refractivity contribution in [1.82, 2.24) is 10.2 Å². The van der Waals surface area contributed by atoms with Crippen LogP contribution in [0.15, 0.2) is 48.5 Å². The molecule has 1 saturated heterocycles. The van der Waals surface area contributed by atoms with Crippen LogP contribution in [0.5, 0.6) is 11.5 Å². The average Bonchev–Trinajstić information content (AvgIpc) is 2.81. The minimum Gasteiger partial charge on any atom is -0.493 e. The largest absolute Gasteiger partial charge is 0.493 e. The van der Waals surface area contributed by atoms with Gasteiger partial charge in [0.05, 0.1) is 14.2 Å².